The van der Waals surface area contributed by atoms with E-state index < -0.39 is 0 Å². The number of para-hydroxylation sites is 1. The van der Waals surface area contributed by atoms with Gasteiger partial charge in [0.1, 0.15) is 12.4 Å². The van der Waals surface area contributed by atoms with Crippen LogP contribution in [0, 0.1) is 5.92 Å². The number of pyridine rings is 1. The van der Waals surface area contributed by atoms with Crippen molar-refractivity contribution in [3.05, 3.63) is 48.2 Å². The van der Waals surface area contributed by atoms with E-state index in [2.05, 4.69) is 10.3 Å². The van der Waals surface area contributed by atoms with Crippen LogP contribution in [0.3, 0.4) is 0 Å². The molecule has 0 radical (unpaired) electrons. The average Bonchev–Trinajstić information content (AvgIpc) is 2.55. The Hall–Kier alpha value is -2.56. The highest BCUT2D eigenvalue weighted by atomic mass is 16.5. The fourth-order valence-corrected chi connectivity index (χ4v) is 2.32. The molecule has 1 aromatic heterocycles. The number of hydrogen-bond donors (Lipinski definition) is 1. The van der Waals surface area contributed by atoms with Crippen LogP contribution in [-0.4, -0.2) is 24.6 Å². The minimum absolute atomic E-state index is 0.0588. The molecule has 5 heteroatoms. The topological polar surface area (TPSA) is 60.5 Å². The lowest BCUT2D eigenvalue weighted by molar-refractivity contribution is -0.121. The number of rotatable bonds is 3. The first-order chi connectivity index (χ1) is 10.3. The fourth-order valence-electron chi connectivity index (χ4n) is 2.32. The number of methoxy groups -OCH3 is 1. The minimum atomic E-state index is -0.193. The summed E-state index contributed by atoms with van der Waals surface area (Å²) in [6.45, 7) is 0.395. The summed E-state index contributed by atoms with van der Waals surface area (Å²) in [6, 6.07) is 11.3. The summed E-state index contributed by atoms with van der Waals surface area (Å²) in [5.74, 6) is 1.13. The number of benzene rings is 1. The molecule has 1 aliphatic heterocycles. The maximum atomic E-state index is 12.3. The minimum Gasteiger partial charge on any atom is -0.492 e. The molecule has 1 unspecified atom stereocenters. The first kappa shape index (κ1) is 13.4. The third kappa shape index (κ3) is 2.97. The van der Waals surface area contributed by atoms with E-state index in [1.54, 1.807) is 25.4 Å². The van der Waals surface area contributed by atoms with Gasteiger partial charge in [-0.2, -0.15) is 0 Å². The molecule has 0 saturated carbocycles. The predicted molar refractivity (Wildman–Crippen MR) is 78.5 cm³/mol. The Labute approximate surface area is 122 Å². The number of hydrogen-bond acceptors (Lipinski definition) is 4. The van der Waals surface area contributed by atoms with Gasteiger partial charge in [-0.3, -0.25) is 4.79 Å². The first-order valence-corrected chi connectivity index (χ1v) is 6.78. The highest BCUT2D eigenvalue weighted by molar-refractivity contribution is 5.92. The second kappa shape index (κ2) is 5.83. The van der Waals surface area contributed by atoms with E-state index in [0.717, 1.165) is 11.3 Å². The van der Waals surface area contributed by atoms with Crippen molar-refractivity contribution in [3.8, 4) is 11.6 Å². The number of fused-ring (bicyclic) bond motifs is 1. The van der Waals surface area contributed by atoms with Gasteiger partial charge in [0.05, 0.1) is 24.9 Å². The third-order valence-electron chi connectivity index (χ3n) is 3.46. The van der Waals surface area contributed by atoms with Gasteiger partial charge in [0.15, 0.2) is 0 Å². The molecule has 1 atom stereocenters. The van der Waals surface area contributed by atoms with Crippen LogP contribution in [0.2, 0.25) is 0 Å². The van der Waals surface area contributed by atoms with Gasteiger partial charge < -0.3 is 14.8 Å². The summed E-state index contributed by atoms with van der Waals surface area (Å²) >= 11 is 0. The van der Waals surface area contributed by atoms with Crippen LogP contribution in [0.15, 0.2) is 42.6 Å². The number of amides is 1. The summed E-state index contributed by atoms with van der Waals surface area (Å²) in [6.07, 6.45) is 2.26. The quantitative estimate of drug-likeness (QED) is 0.939. The normalized spacial score (nSPS) is 16.5. The summed E-state index contributed by atoms with van der Waals surface area (Å²) in [5, 5.41) is 2.86. The summed E-state index contributed by atoms with van der Waals surface area (Å²) < 4.78 is 10.6. The lowest BCUT2D eigenvalue weighted by Gasteiger charge is -2.24. The van der Waals surface area contributed by atoms with Crippen LogP contribution in [0.5, 0.6) is 11.6 Å². The number of nitrogens with one attached hydrogen (secondary N) is 1. The number of nitrogens with zero attached hydrogens (tertiary/aromatic N) is 1. The molecule has 1 aliphatic rings. The fraction of sp³-hybridized carbons (Fsp3) is 0.250. The molecule has 0 spiro atoms. The van der Waals surface area contributed by atoms with Crippen molar-refractivity contribution >= 4 is 11.6 Å². The molecule has 3 rings (SSSR count). The smallest absolute Gasteiger partial charge is 0.231 e. The SMILES string of the molecule is COc1ccc(NC(=O)C2COc3ccccc3C2)cn1. The number of carbonyl (C=O) groups is 1. The predicted octanol–water partition coefficient (Wildman–Crippen LogP) is 2.28. The molecule has 0 saturated heterocycles. The lowest BCUT2D eigenvalue weighted by Crippen LogP contribution is -2.32. The van der Waals surface area contributed by atoms with E-state index in [0.29, 0.717) is 24.6 Å². The lowest BCUT2D eigenvalue weighted by atomic mass is 9.96. The molecule has 5 nitrogen and oxygen atoms in total. The highest BCUT2D eigenvalue weighted by Crippen LogP contribution is 2.27. The van der Waals surface area contributed by atoms with Crippen LogP contribution >= 0.6 is 0 Å². The van der Waals surface area contributed by atoms with Crippen molar-refractivity contribution in [2.75, 3.05) is 19.0 Å². The largest absolute Gasteiger partial charge is 0.492 e. The molecule has 108 valence electrons. The summed E-state index contributed by atoms with van der Waals surface area (Å²) in [5.41, 5.74) is 1.72. The average molecular weight is 284 g/mol. The Balaban J connectivity index is 1.66. The van der Waals surface area contributed by atoms with E-state index in [9.17, 15) is 4.79 Å². The van der Waals surface area contributed by atoms with Crippen LogP contribution in [0.25, 0.3) is 0 Å². The van der Waals surface area contributed by atoms with E-state index >= 15 is 0 Å². The van der Waals surface area contributed by atoms with Gasteiger partial charge in [0.25, 0.3) is 0 Å². The second-order valence-corrected chi connectivity index (χ2v) is 4.90. The molecule has 0 bridgehead atoms. The Morgan fingerprint density at radius 2 is 2.19 bits per heavy atom. The molecule has 1 N–H and O–H groups in total. The number of aromatic nitrogens is 1. The number of ether oxygens (including phenoxy) is 2. The van der Waals surface area contributed by atoms with E-state index in [1.165, 1.54) is 0 Å². The zero-order valence-electron chi connectivity index (χ0n) is 11.7. The van der Waals surface area contributed by atoms with Crippen LogP contribution in [-0.2, 0) is 11.2 Å². The van der Waals surface area contributed by atoms with Crippen molar-refractivity contribution in [1.82, 2.24) is 4.98 Å². The van der Waals surface area contributed by atoms with Crippen LogP contribution in [0.1, 0.15) is 5.56 Å². The van der Waals surface area contributed by atoms with Gasteiger partial charge in [-0.05, 0) is 24.1 Å². The van der Waals surface area contributed by atoms with Crippen molar-refractivity contribution in [2.24, 2.45) is 5.92 Å². The Bertz CT molecular complexity index is 640. The zero-order valence-corrected chi connectivity index (χ0v) is 11.7. The molecular weight excluding hydrogens is 268 g/mol. The molecule has 0 aliphatic carbocycles. The molecular formula is C16H16N2O3. The highest BCUT2D eigenvalue weighted by Gasteiger charge is 2.25. The molecule has 0 fully saturated rings. The molecule has 1 aromatic carbocycles. The van der Waals surface area contributed by atoms with Gasteiger partial charge in [-0.25, -0.2) is 4.98 Å². The standard InChI is InChI=1S/C16H16N2O3/c1-20-15-7-6-13(9-17-15)18-16(19)12-8-11-4-2-3-5-14(11)21-10-12/h2-7,9,12H,8,10H2,1H3,(H,18,19). The van der Waals surface area contributed by atoms with Crippen molar-refractivity contribution in [1.29, 1.82) is 0 Å². The van der Waals surface area contributed by atoms with Crippen LogP contribution < -0.4 is 14.8 Å². The van der Waals surface area contributed by atoms with Gasteiger partial charge in [0, 0.05) is 6.07 Å². The monoisotopic (exact) mass is 284 g/mol. The number of anilines is 1. The third-order valence-corrected chi connectivity index (χ3v) is 3.46. The Morgan fingerprint density at radius 3 is 2.95 bits per heavy atom. The Kier molecular flexibility index (Phi) is 3.73. The van der Waals surface area contributed by atoms with Gasteiger partial charge in [-0.1, -0.05) is 18.2 Å². The van der Waals surface area contributed by atoms with E-state index in [1.807, 2.05) is 24.3 Å². The number of carbonyl (C=O) groups excluding carboxylic acids is 1. The zero-order chi connectivity index (χ0) is 14.7. The maximum absolute atomic E-state index is 12.3. The van der Waals surface area contributed by atoms with E-state index in [-0.39, 0.29) is 11.8 Å². The first-order valence-electron chi connectivity index (χ1n) is 6.78. The van der Waals surface area contributed by atoms with Crippen LogP contribution in [0.4, 0.5) is 5.69 Å². The Morgan fingerprint density at radius 1 is 1.33 bits per heavy atom. The van der Waals surface area contributed by atoms with Gasteiger partial charge >= 0.3 is 0 Å². The van der Waals surface area contributed by atoms with Gasteiger partial charge in [-0.15, -0.1) is 0 Å². The second-order valence-electron chi connectivity index (χ2n) is 4.90. The molecule has 2 aromatic rings. The molecule has 1 amide bonds. The van der Waals surface area contributed by atoms with Gasteiger partial charge in [0.2, 0.25) is 11.8 Å². The van der Waals surface area contributed by atoms with Crippen molar-refractivity contribution in [3.63, 3.8) is 0 Å². The summed E-state index contributed by atoms with van der Waals surface area (Å²) in [7, 11) is 1.55. The van der Waals surface area contributed by atoms with E-state index in [4.69, 9.17) is 9.47 Å². The molecule has 2 heterocycles. The van der Waals surface area contributed by atoms with Crippen molar-refractivity contribution in [2.45, 2.75) is 6.42 Å². The van der Waals surface area contributed by atoms with Crippen molar-refractivity contribution < 1.29 is 14.3 Å². The summed E-state index contributed by atoms with van der Waals surface area (Å²) in [4.78, 5) is 16.3. The maximum Gasteiger partial charge on any atom is 0.231 e. The molecule has 21 heavy (non-hydrogen) atoms.